The summed E-state index contributed by atoms with van der Waals surface area (Å²) >= 11 is 12.1. The van der Waals surface area contributed by atoms with Gasteiger partial charge in [0.15, 0.2) is 0 Å². The molecule has 0 saturated heterocycles. The maximum atomic E-state index is 12.2. The van der Waals surface area contributed by atoms with Crippen LogP contribution in [0.3, 0.4) is 0 Å². The van der Waals surface area contributed by atoms with Gasteiger partial charge >= 0.3 is 0 Å². The molecule has 0 aromatic heterocycles. The lowest BCUT2D eigenvalue weighted by Gasteiger charge is -2.30. The number of carbonyl (C=O) groups is 2. The summed E-state index contributed by atoms with van der Waals surface area (Å²) in [7, 11) is 1.73. The van der Waals surface area contributed by atoms with Gasteiger partial charge in [0.25, 0.3) is 0 Å². The Morgan fingerprint density at radius 2 is 1.72 bits per heavy atom. The molecule has 1 aromatic carbocycles. The first kappa shape index (κ1) is 20.0. The quantitative estimate of drug-likeness (QED) is 0.786. The Kier molecular flexibility index (Phi) is 7.54. The third-order valence-corrected chi connectivity index (χ3v) is 5.14. The van der Waals surface area contributed by atoms with E-state index in [2.05, 4.69) is 17.6 Å². The van der Waals surface area contributed by atoms with Crippen molar-refractivity contribution in [3.05, 3.63) is 28.2 Å². The van der Waals surface area contributed by atoms with E-state index in [9.17, 15) is 9.59 Å². The number of hydrogen-bond donors (Lipinski definition) is 2. The molecular weight excluding hydrogens is 361 g/mol. The SMILES string of the molecule is CC1CCCCC1NC(=O)CN(C)CC(=O)Nc1c(Cl)cccc1Cl. The van der Waals surface area contributed by atoms with Gasteiger partial charge in [-0.1, -0.05) is 49.0 Å². The summed E-state index contributed by atoms with van der Waals surface area (Å²) in [6.07, 6.45) is 4.58. The van der Waals surface area contributed by atoms with E-state index in [1.807, 2.05) is 0 Å². The monoisotopic (exact) mass is 385 g/mol. The van der Waals surface area contributed by atoms with E-state index in [0.717, 1.165) is 19.3 Å². The molecule has 7 heteroatoms. The molecule has 2 atom stereocenters. The average molecular weight is 386 g/mol. The number of benzene rings is 1. The van der Waals surface area contributed by atoms with Crippen LogP contribution in [0.4, 0.5) is 5.69 Å². The van der Waals surface area contributed by atoms with Gasteiger partial charge in [0.2, 0.25) is 11.8 Å². The van der Waals surface area contributed by atoms with Gasteiger partial charge in [-0.25, -0.2) is 0 Å². The molecule has 1 aliphatic carbocycles. The maximum absolute atomic E-state index is 12.2. The molecule has 0 heterocycles. The van der Waals surface area contributed by atoms with Crippen molar-refractivity contribution >= 4 is 40.7 Å². The zero-order valence-corrected chi connectivity index (χ0v) is 16.2. The molecule has 2 rings (SSSR count). The van der Waals surface area contributed by atoms with E-state index in [1.165, 1.54) is 6.42 Å². The molecule has 0 radical (unpaired) electrons. The van der Waals surface area contributed by atoms with Crippen molar-refractivity contribution in [3.63, 3.8) is 0 Å². The first-order valence-electron chi connectivity index (χ1n) is 8.58. The van der Waals surface area contributed by atoms with Gasteiger partial charge < -0.3 is 10.6 Å². The zero-order chi connectivity index (χ0) is 18.4. The predicted molar refractivity (Wildman–Crippen MR) is 102 cm³/mol. The summed E-state index contributed by atoms with van der Waals surface area (Å²) in [4.78, 5) is 26.0. The summed E-state index contributed by atoms with van der Waals surface area (Å²) in [6.45, 7) is 2.43. The normalized spacial score (nSPS) is 20.4. The van der Waals surface area contributed by atoms with Gasteiger partial charge in [-0.05, 0) is 37.9 Å². The highest BCUT2D eigenvalue weighted by Crippen LogP contribution is 2.29. The van der Waals surface area contributed by atoms with Crippen molar-refractivity contribution in [2.24, 2.45) is 5.92 Å². The van der Waals surface area contributed by atoms with Crippen LogP contribution in [0.25, 0.3) is 0 Å². The second-order valence-electron chi connectivity index (χ2n) is 6.75. The van der Waals surface area contributed by atoms with E-state index >= 15 is 0 Å². The summed E-state index contributed by atoms with van der Waals surface area (Å²) in [5.41, 5.74) is 0.393. The maximum Gasteiger partial charge on any atom is 0.238 e. The molecule has 0 aliphatic heterocycles. The fourth-order valence-corrected chi connectivity index (χ4v) is 3.62. The lowest BCUT2D eigenvalue weighted by atomic mass is 9.86. The molecule has 0 spiro atoms. The number of likely N-dealkylation sites (N-methyl/N-ethyl adjacent to an activating group) is 1. The number of nitrogens with one attached hydrogen (secondary N) is 2. The molecule has 5 nitrogen and oxygen atoms in total. The zero-order valence-electron chi connectivity index (χ0n) is 14.6. The van der Waals surface area contributed by atoms with E-state index < -0.39 is 0 Å². The summed E-state index contributed by atoms with van der Waals surface area (Å²) in [5, 5.41) is 6.54. The van der Waals surface area contributed by atoms with Crippen LogP contribution >= 0.6 is 23.2 Å². The summed E-state index contributed by atoms with van der Waals surface area (Å²) in [6, 6.07) is 5.27. The van der Waals surface area contributed by atoms with E-state index in [0.29, 0.717) is 21.7 Å². The molecule has 25 heavy (non-hydrogen) atoms. The minimum atomic E-state index is -0.267. The highest BCUT2D eigenvalue weighted by Gasteiger charge is 2.23. The second-order valence-corrected chi connectivity index (χ2v) is 7.57. The number of rotatable bonds is 6. The van der Waals surface area contributed by atoms with Gasteiger partial charge in [-0.15, -0.1) is 0 Å². The van der Waals surface area contributed by atoms with Crippen LogP contribution in [0.1, 0.15) is 32.6 Å². The number of nitrogens with zero attached hydrogens (tertiary/aromatic N) is 1. The highest BCUT2D eigenvalue weighted by molar-refractivity contribution is 6.39. The molecule has 1 aromatic rings. The average Bonchev–Trinajstić information content (AvgIpc) is 2.53. The van der Waals surface area contributed by atoms with Crippen LogP contribution in [0.5, 0.6) is 0 Å². The fourth-order valence-electron chi connectivity index (χ4n) is 3.13. The van der Waals surface area contributed by atoms with Gasteiger partial charge in [-0.2, -0.15) is 0 Å². The van der Waals surface area contributed by atoms with Gasteiger partial charge in [-0.3, -0.25) is 14.5 Å². The molecule has 138 valence electrons. The van der Waals surface area contributed by atoms with Crippen molar-refractivity contribution in [1.29, 1.82) is 0 Å². The van der Waals surface area contributed by atoms with Crippen LogP contribution in [-0.2, 0) is 9.59 Å². The van der Waals surface area contributed by atoms with Gasteiger partial charge in [0.05, 0.1) is 28.8 Å². The van der Waals surface area contributed by atoms with E-state index in [1.54, 1.807) is 30.1 Å². The van der Waals surface area contributed by atoms with Crippen LogP contribution in [-0.4, -0.2) is 42.9 Å². The highest BCUT2D eigenvalue weighted by atomic mass is 35.5. The van der Waals surface area contributed by atoms with Crippen molar-refractivity contribution < 1.29 is 9.59 Å². The Morgan fingerprint density at radius 3 is 2.36 bits per heavy atom. The largest absolute Gasteiger partial charge is 0.352 e. The van der Waals surface area contributed by atoms with Gasteiger partial charge in [0.1, 0.15) is 0 Å². The molecule has 2 amide bonds. The first-order chi connectivity index (χ1) is 11.9. The smallest absolute Gasteiger partial charge is 0.238 e. The summed E-state index contributed by atoms with van der Waals surface area (Å²) < 4.78 is 0. The van der Waals surface area contributed by atoms with Gasteiger partial charge in [0, 0.05) is 6.04 Å². The lowest BCUT2D eigenvalue weighted by molar-refractivity contribution is -0.124. The Labute approximate surface area is 159 Å². The third-order valence-electron chi connectivity index (χ3n) is 4.51. The molecule has 0 bridgehead atoms. The number of amides is 2. The molecule has 1 fully saturated rings. The fraction of sp³-hybridized carbons (Fsp3) is 0.556. The Hall–Kier alpha value is -1.30. The van der Waals surface area contributed by atoms with Crippen molar-refractivity contribution in [3.8, 4) is 0 Å². The van der Waals surface area contributed by atoms with Crippen molar-refractivity contribution in [1.82, 2.24) is 10.2 Å². The minimum absolute atomic E-state index is 0.0511. The number of para-hydroxylation sites is 1. The van der Waals surface area contributed by atoms with E-state index in [-0.39, 0.29) is 30.9 Å². The molecular formula is C18H25Cl2N3O2. The molecule has 1 aliphatic rings. The van der Waals surface area contributed by atoms with Crippen molar-refractivity contribution in [2.75, 3.05) is 25.5 Å². The van der Waals surface area contributed by atoms with Crippen LogP contribution in [0.2, 0.25) is 10.0 Å². The van der Waals surface area contributed by atoms with Crippen LogP contribution in [0.15, 0.2) is 18.2 Å². The minimum Gasteiger partial charge on any atom is -0.352 e. The predicted octanol–water partition coefficient (Wildman–Crippen LogP) is 3.56. The number of anilines is 1. The number of halogens is 2. The molecule has 2 unspecified atom stereocenters. The summed E-state index contributed by atoms with van der Waals surface area (Å²) in [5.74, 6) is 0.190. The van der Waals surface area contributed by atoms with E-state index in [4.69, 9.17) is 23.2 Å². The van der Waals surface area contributed by atoms with Crippen LogP contribution < -0.4 is 10.6 Å². The second kappa shape index (κ2) is 9.41. The lowest BCUT2D eigenvalue weighted by Crippen LogP contribution is -2.46. The Morgan fingerprint density at radius 1 is 1.12 bits per heavy atom. The Balaban J connectivity index is 1.80. The topological polar surface area (TPSA) is 61.4 Å². The Bertz CT molecular complexity index is 604. The molecule has 2 N–H and O–H groups in total. The number of carbonyl (C=O) groups excluding carboxylic acids is 2. The van der Waals surface area contributed by atoms with Crippen molar-refractivity contribution in [2.45, 2.75) is 38.6 Å². The standard InChI is InChI=1S/C18H25Cl2N3O2/c1-12-6-3-4-9-15(12)21-16(24)10-23(2)11-17(25)22-18-13(19)7-5-8-14(18)20/h5,7-8,12,15H,3-4,6,9-11H2,1-2H3,(H,21,24)(H,22,25). The third kappa shape index (κ3) is 6.17. The van der Waals surface area contributed by atoms with Crippen LogP contribution in [0, 0.1) is 5.92 Å². The number of hydrogen-bond acceptors (Lipinski definition) is 3. The first-order valence-corrected chi connectivity index (χ1v) is 9.34. The molecule has 1 saturated carbocycles.